The number of piperazine rings is 1. The van der Waals surface area contributed by atoms with E-state index in [-0.39, 0.29) is 18.4 Å². The molecule has 160 valence electrons. The van der Waals surface area contributed by atoms with E-state index in [0.717, 1.165) is 31.1 Å². The van der Waals surface area contributed by atoms with Crippen LogP contribution in [0.15, 0.2) is 54.6 Å². The number of benzene rings is 2. The predicted molar refractivity (Wildman–Crippen MR) is 119 cm³/mol. The molecule has 7 heteroatoms. The van der Waals surface area contributed by atoms with Gasteiger partial charge in [-0.2, -0.15) is 0 Å². The van der Waals surface area contributed by atoms with Crippen molar-refractivity contribution in [1.29, 1.82) is 0 Å². The highest BCUT2D eigenvalue weighted by Gasteiger charge is 2.29. The molecule has 0 saturated carbocycles. The van der Waals surface area contributed by atoms with Crippen molar-refractivity contribution in [3.63, 3.8) is 0 Å². The average Bonchev–Trinajstić information content (AvgIpc) is 2.75. The fraction of sp³-hybridized carbons (Fsp3) is 0.391. The first kappa shape index (κ1) is 22.3. The van der Waals surface area contributed by atoms with Crippen molar-refractivity contribution in [3.05, 3.63) is 65.2 Å². The van der Waals surface area contributed by atoms with Crippen molar-refractivity contribution in [2.45, 2.75) is 13.0 Å². The SMILES string of the molecule is C[C@@H](c1ccccc1)[NH+]1CCN(C(=O)C[NH+](C)CC(=O)Nc2ccc(Cl)cc2)CC1. The van der Waals surface area contributed by atoms with Crippen LogP contribution >= 0.6 is 11.6 Å². The van der Waals surface area contributed by atoms with Gasteiger partial charge in [-0.15, -0.1) is 0 Å². The number of hydrogen-bond acceptors (Lipinski definition) is 2. The maximum Gasteiger partial charge on any atom is 0.279 e. The number of hydrogen-bond donors (Lipinski definition) is 3. The molecule has 3 rings (SSSR count). The summed E-state index contributed by atoms with van der Waals surface area (Å²) in [7, 11) is 1.87. The van der Waals surface area contributed by atoms with Crippen LogP contribution in [0.2, 0.25) is 5.02 Å². The van der Waals surface area contributed by atoms with Crippen LogP contribution in [0, 0.1) is 0 Å². The number of likely N-dealkylation sites (N-methyl/N-ethyl adjacent to an activating group) is 1. The summed E-state index contributed by atoms with van der Waals surface area (Å²) in [5.74, 6) is -0.00761. The van der Waals surface area contributed by atoms with Gasteiger partial charge in [0.2, 0.25) is 0 Å². The third-order valence-corrected chi connectivity index (χ3v) is 5.97. The quantitative estimate of drug-likeness (QED) is 0.591. The molecule has 3 N–H and O–H groups in total. The number of nitrogens with zero attached hydrogens (tertiary/aromatic N) is 1. The fourth-order valence-electron chi connectivity index (χ4n) is 3.90. The van der Waals surface area contributed by atoms with Crippen LogP contribution in [0.1, 0.15) is 18.5 Å². The highest BCUT2D eigenvalue weighted by molar-refractivity contribution is 6.30. The summed E-state index contributed by atoms with van der Waals surface area (Å²) >= 11 is 5.86. The third-order valence-electron chi connectivity index (χ3n) is 5.71. The Hall–Kier alpha value is -2.41. The largest absolute Gasteiger partial charge is 0.327 e. The predicted octanol–water partition coefficient (Wildman–Crippen LogP) is 0.282. The number of nitrogens with one attached hydrogen (secondary N) is 3. The molecular weight excluding hydrogens is 400 g/mol. The summed E-state index contributed by atoms with van der Waals surface area (Å²) in [4.78, 5) is 29.2. The van der Waals surface area contributed by atoms with Crippen LogP contribution in [0.5, 0.6) is 0 Å². The van der Waals surface area contributed by atoms with Crippen LogP contribution in [0.3, 0.4) is 0 Å². The topological polar surface area (TPSA) is 58.3 Å². The smallest absolute Gasteiger partial charge is 0.279 e. The molecule has 0 aromatic heterocycles. The molecule has 2 atom stereocenters. The summed E-state index contributed by atoms with van der Waals surface area (Å²) in [6.45, 7) is 6.21. The van der Waals surface area contributed by atoms with Crippen molar-refractivity contribution < 1.29 is 19.4 Å². The van der Waals surface area contributed by atoms with Gasteiger partial charge in [0.15, 0.2) is 13.1 Å². The number of anilines is 1. The van der Waals surface area contributed by atoms with Gasteiger partial charge in [0, 0.05) is 16.3 Å². The van der Waals surface area contributed by atoms with Crippen LogP contribution in [-0.4, -0.2) is 63.0 Å². The highest BCUT2D eigenvalue weighted by Crippen LogP contribution is 2.13. The van der Waals surface area contributed by atoms with Crippen molar-refractivity contribution in [1.82, 2.24) is 4.90 Å². The molecule has 6 nitrogen and oxygen atoms in total. The van der Waals surface area contributed by atoms with Gasteiger partial charge in [-0.25, -0.2) is 0 Å². The van der Waals surface area contributed by atoms with Crippen LogP contribution < -0.4 is 15.1 Å². The molecular formula is C23H31ClN4O2+2. The minimum absolute atomic E-state index is 0.109. The Morgan fingerprint density at radius 2 is 1.70 bits per heavy atom. The molecule has 30 heavy (non-hydrogen) atoms. The van der Waals surface area contributed by atoms with Crippen LogP contribution in [0.4, 0.5) is 5.69 Å². The van der Waals surface area contributed by atoms with E-state index in [4.69, 9.17) is 11.6 Å². The average molecular weight is 431 g/mol. The Bertz CT molecular complexity index is 836. The summed E-state index contributed by atoms with van der Waals surface area (Å²) in [6, 6.07) is 17.9. The second kappa shape index (κ2) is 10.6. The lowest BCUT2D eigenvalue weighted by atomic mass is 10.1. The van der Waals surface area contributed by atoms with Gasteiger partial charge in [0.1, 0.15) is 6.04 Å². The first-order valence-electron chi connectivity index (χ1n) is 10.5. The van der Waals surface area contributed by atoms with Crippen molar-refractivity contribution >= 4 is 29.1 Å². The van der Waals surface area contributed by atoms with Crippen molar-refractivity contribution in [2.24, 2.45) is 0 Å². The molecule has 1 unspecified atom stereocenters. The normalized spacial score (nSPS) is 16.7. The zero-order valence-electron chi connectivity index (χ0n) is 17.7. The zero-order valence-corrected chi connectivity index (χ0v) is 18.4. The van der Waals surface area contributed by atoms with Gasteiger partial charge in [-0.1, -0.05) is 41.9 Å². The molecule has 2 aromatic carbocycles. The Kier molecular flexibility index (Phi) is 7.85. The number of halogens is 1. The van der Waals surface area contributed by atoms with Gasteiger partial charge in [0.05, 0.1) is 33.2 Å². The number of carbonyl (C=O) groups is 2. The Morgan fingerprint density at radius 3 is 2.33 bits per heavy atom. The number of rotatable bonds is 7. The van der Waals surface area contributed by atoms with E-state index < -0.39 is 0 Å². The molecule has 1 aliphatic heterocycles. The summed E-state index contributed by atoms with van der Waals surface area (Å²) in [5.41, 5.74) is 2.04. The monoisotopic (exact) mass is 430 g/mol. The summed E-state index contributed by atoms with van der Waals surface area (Å²) in [6.07, 6.45) is 0. The number of quaternary nitrogens is 2. The molecule has 0 spiro atoms. The van der Waals surface area contributed by atoms with E-state index in [2.05, 4.69) is 36.5 Å². The van der Waals surface area contributed by atoms with E-state index in [1.807, 2.05) is 18.0 Å². The molecule has 1 heterocycles. The van der Waals surface area contributed by atoms with E-state index >= 15 is 0 Å². The van der Waals surface area contributed by atoms with Gasteiger partial charge < -0.3 is 20.0 Å². The first-order chi connectivity index (χ1) is 14.4. The number of amides is 2. The van der Waals surface area contributed by atoms with Crippen molar-refractivity contribution in [3.8, 4) is 0 Å². The molecule has 1 aliphatic rings. The van der Waals surface area contributed by atoms with E-state index in [1.54, 1.807) is 24.3 Å². The second-order valence-electron chi connectivity index (χ2n) is 8.04. The van der Waals surface area contributed by atoms with Gasteiger partial charge in [-0.05, 0) is 31.2 Å². The minimum Gasteiger partial charge on any atom is -0.327 e. The van der Waals surface area contributed by atoms with E-state index in [9.17, 15) is 9.59 Å². The maximum atomic E-state index is 12.7. The molecule has 0 bridgehead atoms. The second-order valence-corrected chi connectivity index (χ2v) is 8.47. The summed E-state index contributed by atoms with van der Waals surface area (Å²) in [5, 5.41) is 3.47. The van der Waals surface area contributed by atoms with Crippen molar-refractivity contribution in [2.75, 3.05) is 51.6 Å². The standard InChI is InChI=1S/C23H29ClN4O2/c1-18(19-6-4-3-5-7-19)27-12-14-28(15-13-27)23(30)17-26(2)16-22(29)25-21-10-8-20(24)9-11-21/h3-11,18H,12-17H2,1-2H3,(H,25,29)/p+2/t18-/m0/s1. The van der Waals surface area contributed by atoms with E-state index in [1.165, 1.54) is 10.5 Å². The van der Waals surface area contributed by atoms with Crippen LogP contribution in [0.25, 0.3) is 0 Å². The van der Waals surface area contributed by atoms with Gasteiger partial charge in [-0.3, -0.25) is 9.59 Å². The highest BCUT2D eigenvalue weighted by atomic mass is 35.5. The Balaban J connectivity index is 1.41. The summed E-state index contributed by atoms with van der Waals surface area (Å²) < 4.78 is 0. The number of carbonyl (C=O) groups excluding carboxylic acids is 2. The van der Waals surface area contributed by atoms with Crippen LogP contribution in [-0.2, 0) is 9.59 Å². The Morgan fingerprint density at radius 1 is 1.07 bits per heavy atom. The fourth-order valence-corrected chi connectivity index (χ4v) is 4.02. The zero-order chi connectivity index (χ0) is 21.5. The molecule has 2 amide bonds. The minimum atomic E-state index is -0.117. The maximum absolute atomic E-state index is 12.7. The lowest BCUT2D eigenvalue weighted by molar-refractivity contribution is -0.933. The van der Waals surface area contributed by atoms with Gasteiger partial charge in [0.25, 0.3) is 11.8 Å². The molecule has 2 aromatic rings. The molecule has 0 aliphatic carbocycles. The lowest BCUT2D eigenvalue weighted by Crippen LogP contribution is -3.15. The Labute approximate surface area is 183 Å². The first-order valence-corrected chi connectivity index (χ1v) is 10.8. The molecule has 0 radical (unpaired) electrons. The molecule has 1 fully saturated rings. The lowest BCUT2D eigenvalue weighted by Gasteiger charge is -2.35. The van der Waals surface area contributed by atoms with E-state index in [0.29, 0.717) is 23.3 Å². The molecule has 1 saturated heterocycles. The van der Waals surface area contributed by atoms with Gasteiger partial charge >= 0.3 is 0 Å². The third kappa shape index (κ3) is 6.29.